The van der Waals surface area contributed by atoms with E-state index in [4.69, 9.17) is 4.74 Å². The predicted octanol–water partition coefficient (Wildman–Crippen LogP) is 3.44. The van der Waals surface area contributed by atoms with Crippen molar-refractivity contribution in [3.63, 3.8) is 0 Å². The van der Waals surface area contributed by atoms with E-state index in [0.717, 1.165) is 6.54 Å². The third-order valence-corrected chi connectivity index (χ3v) is 5.73. The van der Waals surface area contributed by atoms with Gasteiger partial charge in [-0.3, -0.25) is 14.9 Å². The number of nitro benzene ring substituents is 1. The number of pyridine rings is 1. The third kappa shape index (κ3) is 5.10. The highest BCUT2D eigenvalue weighted by Gasteiger charge is 2.22. The van der Waals surface area contributed by atoms with Crippen molar-refractivity contribution in [3.8, 4) is 11.6 Å². The highest BCUT2D eigenvalue weighted by Crippen LogP contribution is 2.38. The van der Waals surface area contributed by atoms with Gasteiger partial charge in [0.15, 0.2) is 5.43 Å². The molecule has 0 atom stereocenters. The first-order valence-corrected chi connectivity index (χ1v) is 11.2. The highest BCUT2D eigenvalue weighted by atomic mass is 16.6. The normalized spacial score (nSPS) is 11.0. The molecule has 1 N–H and O–H groups in total. The van der Waals surface area contributed by atoms with Crippen molar-refractivity contribution in [2.75, 3.05) is 51.6 Å². The van der Waals surface area contributed by atoms with Crippen LogP contribution in [-0.4, -0.2) is 65.7 Å². The van der Waals surface area contributed by atoms with Crippen molar-refractivity contribution < 1.29 is 9.66 Å². The molecule has 11 nitrogen and oxygen atoms in total. The fourth-order valence-electron chi connectivity index (χ4n) is 3.81. The van der Waals surface area contributed by atoms with Crippen molar-refractivity contribution in [1.29, 1.82) is 0 Å². The summed E-state index contributed by atoms with van der Waals surface area (Å²) < 4.78 is 7.32. The van der Waals surface area contributed by atoms with Crippen LogP contribution in [0.5, 0.6) is 5.75 Å². The van der Waals surface area contributed by atoms with Crippen molar-refractivity contribution in [2.24, 2.45) is 0 Å². The Morgan fingerprint density at radius 2 is 1.89 bits per heavy atom. The number of para-hydroxylation sites is 1. The smallest absolute Gasteiger partial charge is 0.294 e. The van der Waals surface area contributed by atoms with Crippen LogP contribution < -0.4 is 20.4 Å². The second-order valence-corrected chi connectivity index (χ2v) is 8.45. The number of nitro groups is 1. The predicted molar refractivity (Wildman–Crippen MR) is 140 cm³/mol. The van der Waals surface area contributed by atoms with Gasteiger partial charge in [0, 0.05) is 56.1 Å². The minimum atomic E-state index is -0.421. The van der Waals surface area contributed by atoms with Gasteiger partial charge in [-0.25, -0.2) is 4.98 Å². The van der Waals surface area contributed by atoms with Gasteiger partial charge in [0.05, 0.1) is 23.2 Å². The molecule has 0 unspecified atom stereocenters. The Hall–Kier alpha value is -4.51. The van der Waals surface area contributed by atoms with E-state index in [1.54, 1.807) is 42.2 Å². The monoisotopic (exact) mass is 489 g/mol. The van der Waals surface area contributed by atoms with Crippen LogP contribution >= 0.6 is 0 Å². The largest absolute Gasteiger partial charge is 0.494 e. The van der Waals surface area contributed by atoms with E-state index < -0.39 is 4.92 Å². The maximum atomic E-state index is 12.2. The van der Waals surface area contributed by atoms with Gasteiger partial charge in [-0.2, -0.15) is 4.98 Å². The lowest BCUT2D eigenvalue weighted by Gasteiger charge is -2.22. The molecule has 0 radical (unpaired) electrons. The van der Waals surface area contributed by atoms with E-state index in [2.05, 4.69) is 15.3 Å². The van der Waals surface area contributed by atoms with E-state index >= 15 is 0 Å². The van der Waals surface area contributed by atoms with Gasteiger partial charge in [-0.05, 0) is 32.3 Å². The zero-order chi connectivity index (χ0) is 25.8. The number of aromatic nitrogens is 3. The number of methoxy groups -OCH3 is 1. The third-order valence-electron chi connectivity index (χ3n) is 5.73. The van der Waals surface area contributed by atoms with Gasteiger partial charge in [-0.15, -0.1) is 0 Å². The first-order valence-electron chi connectivity index (χ1n) is 11.2. The molecular weight excluding hydrogens is 462 g/mol. The van der Waals surface area contributed by atoms with Gasteiger partial charge in [0.2, 0.25) is 5.95 Å². The first kappa shape index (κ1) is 24.6. The molecule has 186 valence electrons. The lowest BCUT2D eigenvalue weighted by atomic mass is 10.2. The molecule has 0 amide bonds. The second-order valence-electron chi connectivity index (χ2n) is 8.45. The number of fused-ring (bicyclic) bond motifs is 1. The van der Waals surface area contributed by atoms with Crippen molar-refractivity contribution in [3.05, 3.63) is 81.3 Å². The molecule has 4 rings (SSSR count). The summed E-state index contributed by atoms with van der Waals surface area (Å²) in [5, 5.41) is 15.5. The Balaban J connectivity index is 1.72. The SMILES string of the molecule is COc1cc(N(C)CCN(C)C)c([N+](=O)[O-])cc1Nc1nccc(-n2ccc(=O)c3ccccc32)n1. The van der Waals surface area contributed by atoms with Gasteiger partial charge < -0.3 is 24.4 Å². The number of hydrogen-bond acceptors (Lipinski definition) is 9. The molecule has 0 aliphatic heterocycles. The number of ether oxygens (including phenoxy) is 1. The van der Waals surface area contributed by atoms with Crippen LogP contribution in [0.3, 0.4) is 0 Å². The number of likely N-dealkylation sites (N-methyl/N-ethyl adjacent to an activating group) is 2. The summed E-state index contributed by atoms with van der Waals surface area (Å²) in [4.78, 5) is 36.4. The lowest BCUT2D eigenvalue weighted by molar-refractivity contribution is -0.384. The van der Waals surface area contributed by atoms with E-state index in [-0.39, 0.29) is 17.1 Å². The van der Waals surface area contributed by atoms with Crippen LogP contribution in [0.4, 0.5) is 23.0 Å². The second kappa shape index (κ2) is 10.4. The Morgan fingerprint density at radius 1 is 1.11 bits per heavy atom. The van der Waals surface area contributed by atoms with Crippen LogP contribution in [0.15, 0.2) is 65.7 Å². The topological polar surface area (TPSA) is 119 Å². The minimum Gasteiger partial charge on any atom is -0.494 e. The molecule has 2 aromatic carbocycles. The van der Waals surface area contributed by atoms with Crippen molar-refractivity contribution in [1.82, 2.24) is 19.4 Å². The molecule has 36 heavy (non-hydrogen) atoms. The average molecular weight is 490 g/mol. The standard InChI is InChI=1S/C25H27N7O4/c1-29(2)13-14-30(3)20-16-23(36-4)18(15-21(20)32(34)35)27-25-26-11-9-24(28-25)31-12-10-22(33)17-7-5-6-8-19(17)31/h5-12,15-16H,13-14H2,1-4H3,(H,26,27,28). The molecule has 0 saturated carbocycles. The fraction of sp³-hybridized carbons (Fsp3) is 0.240. The van der Waals surface area contributed by atoms with E-state index in [1.165, 1.54) is 19.2 Å². The molecule has 2 aromatic heterocycles. The number of hydrogen-bond donors (Lipinski definition) is 1. The van der Waals surface area contributed by atoms with Crippen LogP contribution in [0.2, 0.25) is 0 Å². The zero-order valence-electron chi connectivity index (χ0n) is 20.5. The van der Waals surface area contributed by atoms with E-state index in [1.807, 2.05) is 42.1 Å². The fourth-order valence-corrected chi connectivity index (χ4v) is 3.81. The summed E-state index contributed by atoms with van der Waals surface area (Å²) in [6, 6.07) is 13.5. The number of benzene rings is 2. The molecule has 0 bridgehead atoms. The number of rotatable bonds is 9. The van der Waals surface area contributed by atoms with Gasteiger partial charge in [0.1, 0.15) is 17.3 Å². The maximum Gasteiger partial charge on any atom is 0.294 e. The molecule has 11 heteroatoms. The van der Waals surface area contributed by atoms with Gasteiger partial charge in [0.25, 0.3) is 5.69 Å². The minimum absolute atomic E-state index is 0.0675. The summed E-state index contributed by atoms with van der Waals surface area (Å²) in [6.07, 6.45) is 3.22. The van der Waals surface area contributed by atoms with Gasteiger partial charge in [-0.1, -0.05) is 12.1 Å². The van der Waals surface area contributed by atoms with E-state index in [0.29, 0.717) is 40.4 Å². The molecule has 2 heterocycles. The lowest BCUT2D eigenvalue weighted by Crippen LogP contribution is -2.28. The molecule has 4 aromatic rings. The Bertz CT molecular complexity index is 1470. The van der Waals surface area contributed by atoms with Crippen LogP contribution in [0, 0.1) is 10.1 Å². The van der Waals surface area contributed by atoms with Crippen LogP contribution in [0.25, 0.3) is 16.7 Å². The first-order chi connectivity index (χ1) is 17.3. The van der Waals surface area contributed by atoms with Crippen LogP contribution in [0.1, 0.15) is 0 Å². The molecular formula is C25H27N7O4. The Morgan fingerprint density at radius 3 is 2.61 bits per heavy atom. The molecule has 0 aliphatic carbocycles. The maximum absolute atomic E-state index is 12.2. The van der Waals surface area contributed by atoms with Crippen LogP contribution in [-0.2, 0) is 0 Å². The molecule has 0 saturated heterocycles. The molecule has 0 spiro atoms. The summed E-state index contributed by atoms with van der Waals surface area (Å²) in [6.45, 7) is 1.33. The van der Waals surface area contributed by atoms with Crippen molar-refractivity contribution >= 4 is 33.9 Å². The number of anilines is 3. The number of nitrogens with zero attached hydrogens (tertiary/aromatic N) is 6. The Kier molecular flexibility index (Phi) is 7.11. The summed E-state index contributed by atoms with van der Waals surface area (Å²) in [5.74, 6) is 1.16. The summed E-state index contributed by atoms with van der Waals surface area (Å²) in [5.41, 5.74) is 1.35. The Labute approximate surface area is 207 Å². The number of nitrogens with one attached hydrogen (secondary N) is 1. The average Bonchev–Trinajstić information content (AvgIpc) is 2.87. The zero-order valence-corrected chi connectivity index (χ0v) is 20.5. The van der Waals surface area contributed by atoms with Crippen molar-refractivity contribution in [2.45, 2.75) is 0 Å². The molecule has 0 fully saturated rings. The van der Waals surface area contributed by atoms with Gasteiger partial charge >= 0.3 is 0 Å². The molecule has 0 aliphatic rings. The summed E-state index contributed by atoms with van der Waals surface area (Å²) >= 11 is 0. The van der Waals surface area contributed by atoms with E-state index in [9.17, 15) is 14.9 Å². The highest BCUT2D eigenvalue weighted by molar-refractivity contribution is 5.80. The quantitative estimate of drug-likeness (QED) is 0.278. The summed E-state index contributed by atoms with van der Waals surface area (Å²) in [7, 11) is 7.19.